The van der Waals surface area contributed by atoms with E-state index in [2.05, 4.69) is 62.2 Å². The molecule has 2 aliphatic rings. The van der Waals surface area contributed by atoms with Crippen LogP contribution in [0, 0.1) is 5.41 Å². The fourth-order valence-electron chi connectivity index (χ4n) is 7.97. The molecule has 0 unspecified atom stereocenters. The molecule has 0 spiro atoms. The number of alkyl carbamates (subject to hydrolysis) is 1. The molecular weight excluding hydrogens is 1100 g/mol. The molecule has 4 heterocycles. The van der Waals surface area contributed by atoms with E-state index < -0.39 is 35.5 Å². The minimum Gasteiger partial charge on any atom is -0.475 e. The van der Waals surface area contributed by atoms with Crippen LogP contribution >= 0.6 is 23.2 Å². The molecule has 2 aliphatic heterocycles. The van der Waals surface area contributed by atoms with Gasteiger partial charge >= 0.3 is 24.3 Å². The summed E-state index contributed by atoms with van der Waals surface area (Å²) in [7, 11) is 0. The van der Waals surface area contributed by atoms with Gasteiger partial charge in [-0.15, -0.1) is 4.99 Å². The lowest BCUT2D eigenvalue weighted by molar-refractivity contribution is -0.192. The van der Waals surface area contributed by atoms with E-state index in [9.17, 15) is 22.8 Å². The van der Waals surface area contributed by atoms with Crippen LogP contribution < -0.4 is 43.8 Å². The number of ether oxygens (including phenoxy) is 2. The summed E-state index contributed by atoms with van der Waals surface area (Å²) >= 11 is 12.5. The van der Waals surface area contributed by atoms with E-state index in [1.54, 1.807) is 65.8 Å². The van der Waals surface area contributed by atoms with Crippen LogP contribution in [0.1, 0.15) is 41.5 Å². The molecule has 0 atom stereocenters. The van der Waals surface area contributed by atoms with Crippen LogP contribution in [-0.2, 0) is 14.3 Å². The molecule has 0 aliphatic carbocycles. The number of halogens is 5. The first-order valence-electron chi connectivity index (χ1n) is 24.7. The zero-order chi connectivity index (χ0) is 59.6. The maximum atomic E-state index is 12.6. The standard InChI is InChI=1S/C30H38ClN9O4.C20H22ClN9.C2HF3O2/c1-29(2,3)43-27(41)37-26(38-28(42)44-30(4,5)6)40-14-12-39(13-15-40)20-9-7-8-18(16-20)23-21-17-19(31)10-11-22(21)34-25(35-23)36-24(32)33;21-13-4-5-16-15(11-13)17(27-20(26-16)28-18(22)23)12-2-1-3-14(10-12)29-6-8-30(9-7-29)19(24)25;3-2(4,5)1(6)7/h7-11,16-17H,12-15H2,1-6H3,(H,37,38,41,42)(H4,32,33,34,35,36);1-5,10-11H,6-9H2,(H3,24,25)(H4,22,23,26,27,28);(H,6,7). The highest BCUT2D eigenvalue weighted by atomic mass is 35.5. The number of anilines is 2. The van der Waals surface area contributed by atoms with Crippen molar-refractivity contribution in [3.05, 3.63) is 95.0 Å². The Balaban J connectivity index is 0.000000246. The number of aliphatic carboxylic acids is 1. The number of nitrogens with one attached hydrogen (secondary N) is 2. The van der Waals surface area contributed by atoms with Crippen LogP contribution in [-0.4, -0.2) is 147 Å². The number of nitrogens with zero attached hydrogens (tertiary/aromatic N) is 11. The van der Waals surface area contributed by atoms with Gasteiger partial charge < -0.3 is 62.8 Å². The number of carboxylic acids is 1. The van der Waals surface area contributed by atoms with Crippen molar-refractivity contribution >= 4 is 110 Å². The van der Waals surface area contributed by atoms with Crippen LogP contribution in [0.5, 0.6) is 0 Å². The molecule has 4 aromatic carbocycles. The summed E-state index contributed by atoms with van der Waals surface area (Å²) in [6.45, 7) is 15.5. The number of fused-ring (bicyclic) bond motifs is 2. The quantitative estimate of drug-likeness (QED) is 0.0599. The Kier molecular flexibility index (Phi) is 19.6. The minimum atomic E-state index is -5.08. The Labute approximate surface area is 473 Å². The van der Waals surface area contributed by atoms with E-state index >= 15 is 0 Å². The van der Waals surface area contributed by atoms with Gasteiger partial charge in [-0.3, -0.25) is 10.7 Å². The highest BCUT2D eigenvalue weighted by Crippen LogP contribution is 2.34. The minimum absolute atomic E-state index is 0.0681. The van der Waals surface area contributed by atoms with E-state index in [-0.39, 0.29) is 35.7 Å². The van der Waals surface area contributed by atoms with Gasteiger partial charge in [0.15, 0.2) is 17.9 Å². The lowest BCUT2D eigenvalue weighted by Gasteiger charge is -2.37. The van der Waals surface area contributed by atoms with Crippen molar-refractivity contribution in [3.63, 3.8) is 0 Å². The molecule has 0 radical (unpaired) electrons. The van der Waals surface area contributed by atoms with Gasteiger partial charge in [-0.1, -0.05) is 47.5 Å². The predicted molar refractivity (Wildman–Crippen MR) is 307 cm³/mol. The predicted octanol–water partition coefficient (Wildman–Crippen LogP) is 7.30. The molecule has 81 heavy (non-hydrogen) atoms. The highest BCUT2D eigenvalue weighted by molar-refractivity contribution is 6.32. The number of aromatic nitrogens is 4. The van der Waals surface area contributed by atoms with Gasteiger partial charge in [0.2, 0.25) is 5.96 Å². The number of hydrogen-bond donors (Lipinski definition) is 8. The third kappa shape index (κ3) is 18.0. The van der Waals surface area contributed by atoms with Gasteiger partial charge in [0.1, 0.15) is 11.2 Å². The van der Waals surface area contributed by atoms with E-state index in [4.69, 9.17) is 76.7 Å². The first-order valence-corrected chi connectivity index (χ1v) is 25.5. The van der Waals surface area contributed by atoms with Gasteiger partial charge in [-0.2, -0.15) is 23.2 Å². The van der Waals surface area contributed by atoms with E-state index in [1.807, 2.05) is 58.3 Å². The number of amides is 2. The van der Waals surface area contributed by atoms with Crippen molar-refractivity contribution in [2.75, 3.05) is 62.2 Å². The second-order valence-electron chi connectivity index (χ2n) is 19.9. The fraction of sp³-hybridized carbons (Fsp3) is 0.327. The van der Waals surface area contributed by atoms with Crippen LogP contribution in [0.25, 0.3) is 44.3 Å². The second-order valence-corrected chi connectivity index (χ2v) is 20.8. The zero-order valence-corrected chi connectivity index (χ0v) is 46.4. The Morgan fingerprint density at radius 2 is 1.02 bits per heavy atom. The summed E-state index contributed by atoms with van der Waals surface area (Å²) in [4.78, 5) is 72.4. The monoisotopic (exact) mass is 1160 g/mol. The van der Waals surface area contributed by atoms with Crippen molar-refractivity contribution in [3.8, 4) is 22.5 Å². The molecule has 0 saturated carbocycles. The molecule has 8 rings (SSSR count). The van der Waals surface area contributed by atoms with Crippen LogP contribution in [0.2, 0.25) is 10.0 Å². The summed E-state index contributed by atoms with van der Waals surface area (Å²) < 4.78 is 42.5. The van der Waals surface area contributed by atoms with Crippen LogP contribution in [0.15, 0.2) is 99.9 Å². The first-order chi connectivity index (χ1) is 37.9. The molecule has 24 nitrogen and oxygen atoms in total. The van der Waals surface area contributed by atoms with E-state index in [1.165, 1.54) is 0 Å². The van der Waals surface area contributed by atoms with Crippen molar-refractivity contribution in [1.29, 1.82) is 5.41 Å². The second kappa shape index (κ2) is 25.9. The lowest BCUT2D eigenvalue weighted by Crippen LogP contribution is -2.54. The summed E-state index contributed by atoms with van der Waals surface area (Å²) in [5.74, 6) is -2.49. The molecule has 2 aromatic heterocycles. The molecule has 0 bridgehead atoms. The molecular formula is C52H61Cl2F3N18O6. The Morgan fingerprint density at radius 1 is 0.617 bits per heavy atom. The third-order valence-electron chi connectivity index (χ3n) is 11.4. The SMILES string of the molecule is CC(C)(C)OC(=O)N=C(NC(=O)OC(C)(C)C)N1CCN(c2cccc(-c3nc(N=C(N)N)nc4ccc(Cl)cc34)c2)CC1.N=C(N)N1CCN(c2cccc(-c3nc(N=C(N)N)nc4ccc(Cl)cc34)c2)CC1.O=C(O)C(F)(F)F. The average Bonchev–Trinajstić information content (AvgIpc) is 3.41. The Bertz CT molecular complexity index is 3380. The maximum absolute atomic E-state index is 12.6. The maximum Gasteiger partial charge on any atom is 0.490 e. The number of aliphatic imine (C=N–C) groups is 3. The summed E-state index contributed by atoms with van der Waals surface area (Å²) in [6, 6.07) is 26.8. The number of carbonyl (C=O) groups excluding carboxylic acids is 2. The number of piperazine rings is 2. The normalized spacial score (nSPS) is 13.9. The number of carboxylic acid groups (broad SMARTS) is 1. The highest BCUT2D eigenvalue weighted by Gasteiger charge is 2.38. The molecule has 29 heteroatoms. The molecule has 430 valence electrons. The Hall–Kier alpha value is -8.98. The Morgan fingerprint density at radius 3 is 1.40 bits per heavy atom. The number of carbonyl (C=O) groups is 3. The average molecular weight is 1160 g/mol. The number of nitrogens with two attached hydrogens (primary N) is 5. The van der Waals surface area contributed by atoms with Gasteiger partial charge in [0, 0.05) is 95.7 Å². The van der Waals surface area contributed by atoms with Crippen LogP contribution in [0.4, 0.5) is 46.0 Å². The van der Waals surface area contributed by atoms with E-state index in [0.29, 0.717) is 71.7 Å². The number of benzene rings is 4. The number of guanidine groups is 4. The number of rotatable bonds is 6. The number of hydrogen-bond acceptors (Lipinski definition) is 14. The van der Waals surface area contributed by atoms with Crippen molar-refractivity contribution in [2.45, 2.75) is 58.9 Å². The molecule has 2 fully saturated rings. The smallest absolute Gasteiger partial charge is 0.475 e. The summed E-state index contributed by atoms with van der Waals surface area (Å²) in [5, 5.41) is 20.1. The summed E-state index contributed by atoms with van der Waals surface area (Å²) in [5.41, 5.74) is 32.8. The molecule has 13 N–H and O–H groups in total. The van der Waals surface area contributed by atoms with Crippen LogP contribution in [0.3, 0.4) is 0 Å². The summed E-state index contributed by atoms with van der Waals surface area (Å²) in [6.07, 6.45) is -6.61. The lowest BCUT2D eigenvalue weighted by atomic mass is 10.1. The van der Waals surface area contributed by atoms with Gasteiger partial charge in [0.05, 0.1) is 22.4 Å². The largest absolute Gasteiger partial charge is 0.490 e. The molecule has 2 saturated heterocycles. The van der Waals surface area contributed by atoms with Gasteiger partial charge in [-0.25, -0.2) is 34.3 Å². The third-order valence-corrected chi connectivity index (χ3v) is 11.8. The van der Waals surface area contributed by atoms with Gasteiger partial charge in [-0.05, 0) is 102 Å². The van der Waals surface area contributed by atoms with Gasteiger partial charge in [0.25, 0.3) is 11.9 Å². The van der Waals surface area contributed by atoms with Crippen molar-refractivity contribution in [2.24, 2.45) is 43.6 Å². The van der Waals surface area contributed by atoms with Crippen molar-refractivity contribution < 1.29 is 42.1 Å². The molecule has 6 aromatic rings. The fourth-order valence-corrected chi connectivity index (χ4v) is 8.32. The topological polar surface area (TPSA) is 357 Å². The zero-order valence-electron chi connectivity index (χ0n) is 44.9. The number of alkyl halides is 3. The van der Waals surface area contributed by atoms with E-state index in [0.717, 1.165) is 46.4 Å². The van der Waals surface area contributed by atoms with Crippen molar-refractivity contribution in [1.82, 2.24) is 35.1 Å². The first kappa shape index (κ1) is 61.2. The molecule has 2 amide bonds.